The molecular formula is C28H24O5. The maximum atomic E-state index is 12.2. The van der Waals surface area contributed by atoms with Crippen LogP contribution in [-0.2, 0) is 32.1 Å². The number of carbonyl (C=O) groups excluding carboxylic acids is 3. The van der Waals surface area contributed by atoms with E-state index in [1.165, 1.54) is 12.2 Å². The van der Waals surface area contributed by atoms with Crippen LogP contribution in [0.2, 0.25) is 0 Å². The SMILES string of the molecule is C=CC(=O)Cc1ccc(/C=C/C(=O)Oc2ccc3cc(COC(=O)C(=C)C)ccc3c2)cc1. The van der Waals surface area contributed by atoms with Crippen LogP contribution in [0.15, 0.2) is 91.5 Å². The maximum Gasteiger partial charge on any atom is 0.336 e. The van der Waals surface area contributed by atoms with Gasteiger partial charge < -0.3 is 9.47 Å². The zero-order valence-corrected chi connectivity index (χ0v) is 18.4. The van der Waals surface area contributed by atoms with E-state index in [-0.39, 0.29) is 12.4 Å². The lowest BCUT2D eigenvalue weighted by Crippen LogP contribution is -2.05. The van der Waals surface area contributed by atoms with Gasteiger partial charge in [-0.3, -0.25) is 4.79 Å². The largest absolute Gasteiger partial charge is 0.457 e. The fourth-order valence-corrected chi connectivity index (χ4v) is 3.03. The molecule has 0 radical (unpaired) electrons. The van der Waals surface area contributed by atoms with Gasteiger partial charge >= 0.3 is 11.9 Å². The van der Waals surface area contributed by atoms with Gasteiger partial charge in [-0.2, -0.15) is 0 Å². The summed E-state index contributed by atoms with van der Waals surface area (Å²) in [7, 11) is 0. The summed E-state index contributed by atoms with van der Waals surface area (Å²) in [6.45, 7) is 8.79. The number of fused-ring (bicyclic) bond motifs is 1. The van der Waals surface area contributed by atoms with Crippen molar-refractivity contribution in [2.45, 2.75) is 20.0 Å². The van der Waals surface area contributed by atoms with Crippen molar-refractivity contribution in [2.24, 2.45) is 0 Å². The molecule has 0 heterocycles. The number of benzene rings is 3. The minimum absolute atomic E-state index is 0.0420. The summed E-state index contributed by atoms with van der Waals surface area (Å²) in [6.07, 6.45) is 4.62. The molecule has 3 rings (SSSR count). The number of rotatable bonds is 9. The quantitative estimate of drug-likeness (QED) is 0.254. The number of hydrogen-bond acceptors (Lipinski definition) is 5. The van der Waals surface area contributed by atoms with Crippen LogP contribution in [0.1, 0.15) is 23.6 Å². The minimum atomic E-state index is -0.497. The first kappa shape index (κ1) is 23.4. The standard InChI is InChI=1S/C28H24O5/c1-4-25(29)16-21-7-5-20(6-8-21)10-14-27(30)33-26-13-12-23-15-22(9-11-24(23)17-26)18-32-28(31)19(2)3/h4-15,17H,1-2,16,18H2,3H3/b14-10+. The van der Waals surface area contributed by atoms with E-state index in [4.69, 9.17) is 9.47 Å². The van der Waals surface area contributed by atoms with Crippen molar-refractivity contribution in [3.63, 3.8) is 0 Å². The van der Waals surface area contributed by atoms with Crippen LogP contribution in [0.25, 0.3) is 16.8 Å². The van der Waals surface area contributed by atoms with E-state index in [2.05, 4.69) is 13.2 Å². The molecule has 0 fully saturated rings. The first-order chi connectivity index (χ1) is 15.8. The van der Waals surface area contributed by atoms with Crippen LogP contribution < -0.4 is 4.74 Å². The first-order valence-corrected chi connectivity index (χ1v) is 10.3. The van der Waals surface area contributed by atoms with Crippen molar-refractivity contribution in [3.05, 3.63) is 108 Å². The Labute approximate surface area is 192 Å². The molecule has 0 bridgehead atoms. The zero-order chi connectivity index (χ0) is 23.8. The van der Waals surface area contributed by atoms with Gasteiger partial charge in [-0.25, -0.2) is 9.59 Å². The van der Waals surface area contributed by atoms with Crippen molar-refractivity contribution >= 4 is 34.6 Å². The van der Waals surface area contributed by atoms with Crippen LogP contribution >= 0.6 is 0 Å². The number of ether oxygens (including phenoxy) is 2. The summed E-state index contributed by atoms with van der Waals surface area (Å²) in [5.41, 5.74) is 2.91. The molecular weight excluding hydrogens is 416 g/mol. The Hall–Kier alpha value is -4.25. The number of hydrogen-bond donors (Lipinski definition) is 0. The second-order valence-electron chi connectivity index (χ2n) is 7.54. The molecule has 0 saturated carbocycles. The molecule has 166 valence electrons. The normalized spacial score (nSPS) is 10.7. The zero-order valence-electron chi connectivity index (χ0n) is 18.4. The van der Waals surface area contributed by atoms with Gasteiger partial charge in [-0.1, -0.05) is 55.6 Å². The molecule has 0 aromatic heterocycles. The maximum absolute atomic E-state index is 12.2. The van der Waals surface area contributed by atoms with Crippen molar-refractivity contribution in [3.8, 4) is 5.75 Å². The van der Waals surface area contributed by atoms with Crippen LogP contribution in [-0.4, -0.2) is 17.7 Å². The Morgan fingerprint density at radius 3 is 2.27 bits per heavy atom. The van der Waals surface area contributed by atoms with E-state index in [0.717, 1.165) is 27.5 Å². The molecule has 0 saturated heterocycles. The lowest BCUT2D eigenvalue weighted by molar-refractivity contribution is -0.140. The third-order valence-corrected chi connectivity index (χ3v) is 4.81. The minimum Gasteiger partial charge on any atom is -0.457 e. The second kappa shape index (κ2) is 10.9. The highest BCUT2D eigenvalue weighted by Crippen LogP contribution is 2.23. The third kappa shape index (κ3) is 6.87. The number of carbonyl (C=O) groups is 3. The Bertz CT molecular complexity index is 1250. The lowest BCUT2D eigenvalue weighted by atomic mass is 10.1. The molecule has 0 aliphatic rings. The van der Waals surface area contributed by atoms with Crippen LogP contribution in [0.3, 0.4) is 0 Å². The van der Waals surface area contributed by atoms with Crippen molar-refractivity contribution in [2.75, 3.05) is 0 Å². The number of allylic oxidation sites excluding steroid dienone is 1. The molecule has 0 N–H and O–H groups in total. The van der Waals surface area contributed by atoms with Gasteiger partial charge in [0.2, 0.25) is 0 Å². The van der Waals surface area contributed by atoms with Crippen molar-refractivity contribution < 1.29 is 23.9 Å². The van der Waals surface area contributed by atoms with Gasteiger partial charge in [0.15, 0.2) is 5.78 Å². The Kier molecular flexibility index (Phi) is 7.71. The highest BCUT2D eigenvalue weighted by Gasteiger charge is 2.06. The highest BCUT2D eigenvalue weighted by molar-refractivity contribution is 5.91. The fraction of sp³-hybridized carbons (Fsp3) is 0.107. The van der Waals surface area contributed by atoms with E-state index in [1.807, 2.05) is 48.5 Å². The summed E-state index contributed by atoms with van der Waals surface area (Å²) >= 11 is 0. The van der Waals surface area contributed by atoms with Gasteiger partial charge in [0.25, 0.3) is 0 Å². The summed E-state index contributed by atoms with van der Waals surface area (Å²) in [6, 6.07) is 18.3. The van der Waals surface area contributed by atoms with E-state index < -0.39 is 11.9 Å². The molecule has 0 spiro atoms. The van der Waals surface area contributed by atoms with Crippen LogP contribution in [0.5, 0.6) is 5.75 Å². The number of ketones is 1. The molecule has 0 atom stereocenters. The Balaban J connectivity index is 1.60. The molecule has 0 unspecified atom stereocenters. The summed E-state index contributed by atoms with van der Waals surface area (Å²) in [5, 5.41) is 1.83. The lowest BCUT2D eigenvalue weighted by Gasteiger charge is -2.07. The van der Waals surface area contributed by atoms with E-state index in [9.17, 15) is 14.4 Å². The number of esters is 2. The summed E-state index contributed by atoms with van der Waals surface area (Å²) in [4.78, 5) is 35.2. The smallest absolute Gasteiger partial charge is 0.336 e. The second-order valence-corrected chi connectivity index (χ2v) is 7.54. The van der Waals surface area contributed by atoms with Gasteiger partial charge in [0, 0.05) is 18.1 Å². The van der Waals surface area contributed by atoms with E-state index >= 15 is 0 Å². The Morgan fingerprint density at radius 2 is 1.58 bits per heavy atom. The predicted octanol–water partition coefficient (Wildman–Crippen LogP) is 5.38. The average Bonchev–Trinajstić information content (AvgIpc) is 2.81. The monoisotopic (exact) mass is 440 g/mol. The molecule has 0 aliphatic carbocycles. The Morgan fingerprint density at radius 1 is 0.909 bits per heavy atom. The summed E-state index contributed by atoms with van der Waals surface area (Å²) < 4.78 is 10.6. The van der Waals surface area contributed by atoms with E-state index in [0.29, 0.717) is 17.7 Å². The van der Waals surface area contributed by atoms with Gasteiger partial charge in [-0.05, 0) is 64.7 Å². The molecule has 33 heavy (non-hydrogen) atoms. The van der Waals surface area contributed by atoms with Gasteiger partial charge in [-0.15, -0.1) is 0 Å². The predicted molar refractivity (Wildman–Crippen MR) is 129 cm³/mol. The third-order valence-electron chi connectivity index (χ3n) is 4.81. The molecule has 5 nitrogen and oxygen atoms in total. The van der Waals surface area contributed by atoms with Crippen molar-refractivity contribution in [1.82, 2.24) is 0 Å². The molecule has 3 aromatic carbocycles. The first-order valence-electron chi connectivity index (χ1n) is 10.3. The van der Waals surface area contributed by atoms with Gasteiger partial charge in [0.05, 0.1) is 0 Å². The molecule has 5 heteroatoms. The molecule has 3 aromatic rings. The van der Waals surface area contributed by atoms with Gasteiger partial charge in [0.1, 0.15) is 12.4 Å². The van der Waals surface area contributed by atoms with E-state index in [1.54, 1.807) is 25.1 Å². The van der Waals surface area contributed by atoms with Crippen LogP contribution in [0.4, 0.5) is 0 Å². The average molecular weight is 440 g/mol. The topological polar surface area (TPSA) is 69.7 Å². The van der Waals surface area contributed by atoms with Crippen molar-refractivity contribution in [1.29, 1.82) is 0 Å². The van der Waals surface area contributed by atoms with Crippen LogP contribution in [0, 0.1) is 0 Å². The molecule has 0 aliphatic heterocycles. The summed E-state index contributed by atoms with van der Waals surface area (Å²) in [5.74, 6) is -0.538. The fourth-order valence-electron chi connectivity index (χ4n) is 3.03. The highest BCUT2D eigenvalue weighted by atomic mass is 16.5. The molecule has 0 amide bonds.